The smallest absolute Gasteiger partial charge is 0.338 e. The van der Waals surface area contributed by atoms with Gasteiger partial charge in [-0.3, -0.25) is 4.18 Å². The van der Waals surface area contributed by atoms with Crippen molar-refractivity contribution in [3.63, 3.8) is 0 Å². The quantitative estimate of drug-likeness (QED) is 0.121. The summed E-state index contributed by atoms with van der Waals surface area (Å²) in [7, 11) is -3.81. The molecule has 0 saturated heterocycles. The molecule has 0 spiro atoms. The molecule has 0 aromatic heterocycles. The zero-order chi connectivity index (χ0) is 20.6. The van der Waals surface area contributed by atoms with Crippen LogP contribution in [0.5, 0.6) is 5.75 Å². The summed E-state index contributed by atoms with van der Waals surface area (Å²) in [6.45, 7) is 6.81. The van der Waals surface area contributed by atoms with Gasteiger partial charge in [0.05, 0.1) is 10.6 Å². The fourth-order valence-corrected chi connectivity index (χ4v) is 2.80. The molecule has 0 bridgehead atoms. The molecular weight excluding hydrogens is 382 g/mol. The van der Waals surface area contributed by atoms with Crippen LogP contribution in [0.25, 0.3) is 0 Å². The topological polar surface area (TPSA) is 91.3 Å². The SMILES string of the molecule is C=C(C)C(=O)Oc1ccc(/N=C/OCCOS(=O)(=O)c2ccc(C)cc2)cc1. The Kier molecular flexibility index (Phi) is 7.48. The van der Waals surface area contributed by atoms with E-state index in [9.17, 15) is 13.2 Å². The first-order valence-electron chi connectivity index (χ1n) is 8.36. The van der Waals surface area contributed by atoms with E-state index in [2.05, 4.69) is 11.6 Å². The van der Waals surface area contributed by atoms with Crippen molar-refractivity contribution in [1.82, 2.24) is 0 Å². The van der Waals surface area contributed by atoms with E-state index in [0.717, 1.165) is 5.56 Å². The van der Waals surface area contributed by atoms with Crippen LogP contribution in [0.3, 0.4) is 0 Å². The molecule has 0 N–H and O–H groups in total. The maximum Gasteiger partial charge on any atom is 0.338 e. The molecule has 0 fully saturated rings. The molecule has 0 aliphatic rings. The Morgan fingerprint density at radius 3 is 2.32 bits per heavy atom. The number of benzene rings is 2. The minimum absolute atomic E-state index is 0.0168. The normalized spacial score (nSPS) is 11.4. The standard InChI is InChI=1S/C20H21NO6S/c1-15(2)20(22)27-18-8-6-17(7-9-18)21-14-25-12-13-26-28(23,24)19-10-4-16(3)5-11-19/h4-11,14H,1,12-13H2,2-3H3/b21-14+. The van der Waals surface area contributed by atoms with Gasteiger partial charge in [-0.25, -0.2) is 9.79 Å². The van der Waals surface area contributed by atoms with Crippen molar-refractivity contribution in [3.8, 4) is 5.75 Å². The highest BCUT2D eigenvalue weighted by molar-refractivity contribution is 7.86. The number of aryl methyl sites for hydroxylation is 1. The summed E-state index contributed by atoms with van der Waals surface area (Å²) >= 11 is 0. The van der Waals surface area contributed by atoms with Crippen molar-refractivity contribution in [1.29, 1.82) is 0 Å². The number of aliphatic imine (C=N–C) groups is 1. The van der Waals surface area contributed by atoms with Crippen LogP contribution in [0.2, 0.25) is 0 Å². The molecule has 0 amide bonds. The zero-order valence-corrected chi connectivity index (χ0v) is 16.4. The Hall–Kier alpha value is -2.97. The fourth-order valence-electron chi connectivity index (χ4n) is 1.91. The van der Waals surface area contributed by atoms with Gasteiger partial charge in [-0.05, 0) is 50.2 Å². The summed E-state index contributed by atoms with van der Waals surface area (Å²) < 4.78 is 39.1. The summed E-state index contributed by atoms with van der Waals surface area (Å²) in [6, 6.07) is 12.8. The van der Waals surface area contributed by atoms with Crippen LogP contribution in [0.15, 0.2) is 70.6 Å². The van der Waals surface area contributed by atoms with Gasteiger partial charge < -0.3 is 9.47 Å². The third-order valence-electron chi connectivity index (χ3n) is 3.42. The van der Waals surface area contributed by atoms with E-state index in [1.807, 2.05) is 6.92 Å². The third kappa shape index (κ3) is 6.64. The highest BCUT2D eigenvalue weighted by Gasteiger charge is 2.14. The summed E-state index contributed by atoms with van der Waals surface area (Å²) in [4.78, 5) is 15.6. The molecule has 148 valence electrons. The van der Waals surface area contributed by atoms with Crippen molar-refractivity contribution >= 4 is 28.2 Å². The van der Waals surface area contributed by atoms with Crippen molar-refractivity contribution in [2.45, 2.75) is 18.7 Å². The van der Waals surface area contributed by atoms with E-state index in [1.54, 1.807) is 43.3 Å². The number of carbonyl (C=O) groups excluding carboxylic acids is 1. The van der Waals surface area contributed by atoms with Gasteiger partial charge >= 0.3 is 5.97 Å². The van der Waals surface area contributed by atoms with E-state index in [-0.39, 0.29) is 18.1 Å². The van der Waals surface area contributed by atoms with Crippen LogP contribution in [0.1, 0.15) is 12.5 Å². The number of ether oxygens (including phenoxy) is 2. The molecule has 8 heteroatoms. The average molecular weight is 403 g/mol. The minimum Gasteiger partial charge on any atom is -0.481 e. The van der Waals surface area contributed by atoms with E-state index in [0.29, 0.717) is 17.0 Å². The molecule has 0 radical (unpaired) electrons. The number of nitrogens with zero attached hydrogens (tertiary/aromatic N) is 1. The maximum atomic E-state index is 12.0. The first-order valence-corrected chi connectivity index (χ1v) is 9.77. The van der Waals surface area contributed by atoms with Crippen LogP contribution in [0, 0.1) is 6.92 Å². The molecule has 0 saturated carbocycles. The highest BCUT2D eigenvalue weighted by atomic mass is 32.2. The summed E-state index contributed by atoms with van der Waals surface area (Å²) in [5.41, 5.74) is 1.84. The van der Waals surface area contributed by atoms with Crippen LogP contribution in [-0.2, 0) is 23.8 Å². The number of rotatable bonds is 9. The Balaban J connectivity index is 1.75. The molecule has 0 aliphatic carbocycles. The fraction of sp³-hybridized carbons (Fsp3) is 0.200. The van der Waals surface area contributed by atoms with Crippen LogP contribution in [0.4, 0.5) is 5.69 Å². The van der Waals surface area contributed by atoms with E-state index >= 15 is 0 Å². The minimum atomic E-state index is -3.81. The Morgan fingerprint density at radius 2 is 1.71 bits per heavy atom. The lowest BCUT2D eigenvalue weighted by Crippen LogP contribution is -2.11. The Labute approximate surface area is 164 Å². The maximum absolute atomic E-state index is 12.0. The molecule has 2 rings (SSSR count). The predicted molar refractivity (Wildman–Crippen MR) is 105 cm³/mol. The Morgan fingerprint density at radius 1 is 1.07 bits per heavy atom. The van der Waals surface area contributed by atoms with Gasteiger partial charge in [0.15, 0.2) is 6.40 Å². The number of esters is 1. The molecule has 7 nitrogen and oxygen atoms in total. The van der Waals surface area contributed by atoms with E-state index < -0.39 is 16.1 Å². The summed E-state index contributed by atoms with van der Waals surface area (Å²) in [6.07, 6.45) is 1.19. The lowest BCUT2D eigenvalue weighted by molar-refractivity contribution is -0.130. The van der Waals surface area contributed by atoms with Crippen molar-refractivity contribution < 1.29 is 26.9 Å². The van der Waals surface area contributed by atoms with Crippen molar-refractivity contribution in [2.24, 2.45) is 4.99 Å². The predicted octanol–water partition coefficient (Wildman–Crippen LogP) is 3.56. The largest absolute Gasteiger partial charge is 0.481 e. The molecule has 0 atom stereocenters. The third-order valence-corrected chi connectivity index (χ3v) is 4.75. The van der Waals surface area contributed by atoms with E-state index in [4.69, 9.17) is 13.7 Å². The second kappa shape index (κ2) is 9.82. The van der Waals surface area contributed by atoms with Crippen molar-refractivity contribution in [2.75, 3.05) is 13.2 Å². The number of hydrogen-bond donors (Lipinski definition) is 0. The van der Waals surface area contributed by atoms with Gasteiger partial charge in [0.2, 0.25) is 0 Å². The summed E-state index contributed by atoms with van der Waals surface area (Å²) in [5, 5.41) is 0. The molecule has 2 aromatic carbocycles. The zero-order valence-electron chi connectivity index (χ0n) is 15.6. The van der Waals surface area contributed by atoms with Crippen molar-refractivity contribution in [3.05, 3.63) is 66.2 Å². The van der Waals surface area contributed by atoms with Crippen LogP contribution >= 0.6 is 0 Å². The van der Waals surface area contributed by atoms with Gasteiger partial charge in [0.1, 0.15) is 19.0 Å². The second-order valence-corrected chi connectivity index (χ2v) is 7.47. The average Bonchev–Trinajstić information content (AvgIpc) is 2.66. The molecule has 0 aliphatic heterocycles. The monoisotopic (exact) mass is 403 g/mol. The lowest BCUT2D eigenvalue weighted by atomic mass is 10.2. The van der Waals surface area contributed by atoms with Gasteiger partial charge in [0.25, 0.3) is 10.1 Å². The second-order valence-electron chi connectivity index (χ2n) is 5.86. The molecule has 0 heterocycles. The first kappa shape index (κ1) is 21.3. The van der Waals surface area contributed by atoms with Gasteiger partial charge in [-0.15, -0.1) is 0 Å². The highest BCUT2D eigenvalue weighted by Crippen LogP contribution is 2.18. The summed E-state index contributed by atoms with van der Waals surface area (Å²) in [5.74, 6) is -0.122. The Bertz CT molecular complexity index is 947. The molecule has 2 aromatic rings. The van der Waals surface area contributed by atoms with Crippen LogP contribution in [-0.4, -0.2) is 34.0 Å². The molecule has 28 heavy (non-hydrogen) atoms. The van der Waals surface area contributed by atoms with Gasteiger partial charge in [-0.1, -0.05) is 24.3 Å². The number of hydrogen-bond acceptors (Lipinski definition) is 7. The van der Waals surface area contributed by atoms with Gasteiger partial charge in [-0.2, -0.15) is 8.42 Å². The first-order chi connectivity index (χ1) is 13.3. The van der Waals surface area contributed by atoms with Gasteiger partial charge in [0, 0.05) is 5.57 Å². The van der Waals surface area contributed by atoms with Crippen LogP contribution < -0.4 is 4.74 Å². The lowest BCUT2D eigenvalue weighted by Gasteiger charge is -2.06. The molecular formula is C20H21NO6S. The van der Waals surface area contributed by atoms with E-state index in [1.165, 1.54) is 18.5 Å². The number of carbonyl (C=O) groups is 1. The molecule has 0 unspecified atom stereocenters.